The van der Waals surface area contributed by atoms with Crippen LogP contribution in [0, 0.1) is 5.92 Å². The van der Waals surface area contributed by atoms with Gasteiger partial charge in [0.15, 0.2) is 0 Å². The molecule has 7 heteroatoms. The van der Waals surface area contributed by atoms with Crippen LogP contribution in [0.5, 0.6) is 0 Å². The summed E-state index contributed by atoms with van der Waals surface area (Å²) >= 11 is 4.91. The van der Waals surface area contributed by atoms with Gasteiger partial charge in [-0.15, -0.1) is 0 Å². The Morgan fingerprint density at radius 2 is 2.29 bits per heavy atom. The molecule has 0 bridgehead atoms. The summed E-state index contributed by atoms with van der Waals surface area (Å²) in [5.41, 5.74) is 6.14. The zero-order valence-corrected chi connectivity index (χ0v) is 13.6. The van der Waals surface area contributed by atoms with Gasteiger partial charge in [0, 0.05) is 25.8 Å². The summed E-state index contributed by atoms with van der Waals surface area (Å²) in [6.07, 6.45) is 1.84. The molecule has 116 valence electrons. The molecule has 1 saturated heterocycles. The fraction of sp³-hybridized carbons (Fsp3) is 0.500. The number of nitrogens with two attached hydrogens (primary N) is 1. The van der Waals surface area contributed by atoms with Crippen molar-refractivity contribution in [3.8, 4) is 0 Å². The van der Waals surface area contributed by atoms with Crippen molar-refractivity contribution in [2.24, 2.45) is 11.7 Å². The summed E-state index contributed by atoms with van der Waals surface area (Å²) in [6, 6.07) is 6.50. The number of thiocarbonyl (C=S) groups is 1. The molecule has 1 aromatic carbocycles. The molecule has 0 aliphatic carbocycles. The van der Waals surface area contributed by atoms with E-state index < -0.39 is 10.0 Å². The summed E-state index contributed by atoms with van der Waals surface area (Å²) in [4.78, 5) is 0.439. The van der Waals surface area contributed by atoms with E-state index in [4.69, 9.17) is 22.7 Å². The van der Waals surface area contributed by atoms with Crippen LogP contribution in [0.15, 0.2) is 29.2 Å². The lowest BCUT2D eigenvalue weighted by atomic mass is 10.0. The second kappa shape index (κ2) is 6.83. The van der Waals surface area contributed by atoms with Gasteiger partial charge in [-0.3, -0.25) is 0 Å². The van der Waals surface area contributed by atoms with Crippen LogP contribution < -0.4 is 5.73 Å². The molecule has 21 heavy (non-hydrogen) atoms. The SMILES string of the molecule is COCC1CCCN(S(=O)(=O)c2cccc(C(N)=S)c2)C1. The normalized spacial score (nSPS) is 20.3. The van der Waals surface area contributed by atoms with Gasteiger partial charge < -0.3 is 10.5 Å². The maximum Gasteiger partial charge on any atom is 0.243 e. The van der Waals surface area contributed by atoms with Gasteiger partial charge in [0.25, 0.3) is 0 Å². The summed E-state index contributed by atoms with van der Waals surface area (Å²) < 4.78 is 32.1. The molecule has 1 heterocycles. The largest absolute Gasteiger partial charge is 0.389 e. The zero-order valence-electron chi connectivity index (χ0n) is 12.0. The van der Waals surface area contributed by atoms with Crippen molar-refractivity contribution in [3.63, 3.8) is 0 Å². The molecule has 1 fully saturated rings. The fourth-order valence-corrected chi connectivity index (χ4v) is 4.30. The third-order valence-corrected chi connectivity index (χ3v) is 5.74. The molecule has 1 unspecified atom stereocenters. The minimum Gasteiger partial charge on any atom is -0.389 e. The number of ether oxygens (including phenoxy) is 1. The maximum absolute atomic E-state index is 12.7. The molecular formula is C14H20N2O3S2. The molecule has 2 rings (SSSR count). The van der Waals surface area contributed by atoms with Crippen LogP contribution >= 0.6 is 12.2 Å². The lowest BCUT2D eigenvalue weighted by molar-refractivity contribution is 0.118. The Balaban J connectivity index is 2.25. The summed E-state index contributed by atoms with van der Waals surface area (Å²) in [5, 5.41) is 0. The fourth-order valence-electron chi connectivity index (χ4n) is 2.58. The first-order valence-electron chi connectivity index (χ1n) is 6.84. The van der Waals surface area contributed by atoms with Crippen molar-refractivity contribution < 1.29 is 13.2 Å². The second-order valence-electron chi connectivity index (χ2n) is 5.22. The van der Waals surface area contributed by atoms with E-state index in [1.54, 1.807) is 25.3 Å². The van der Waals surface area contributed by atoms with Crippen molar-refractivity contribution in [2.45, 2.75) is 17.7 Å². The number of hydrogen-bond acceptors (Lipinski definition) is 4. The van der Waals surface area contributed by atoms with Crippen LogP contribution in [0.4, 0.5) is 0 Å². The van der Waals surface area contributed by atoms with Crippen molar-refractivity contribution in [3.05, 3.63) is 29.8 Å². The van der Waals surface area contributed by atoms with Gasteiger partial charge >= 0.3 is 0 Å². The first kappa shape index (κ1) is 16.4. The standard InChI is InChI=1S/C14H20N2O3S2/c1-19-10-11-4-3-7-16(9-11)21(17,18)13-6-2-5-12(8-13)14(15)20/h2,5-6,8,11H,3-4,7,9-10H2,1H3,(H2,15,20). The van der Waals surface area contributed by atoms with E-state index in [1.807, 2.05) is 0 Å². The zero-order chi connectivity index (χ0) is 15.5. The highest BCUT2D eigenvalue weighted by molar-refractivity contribution is 7.89. The topological polar surface area (TPSA) is 72.6 Å². The van der Waals surface area contributed by atoms with Crippen LogP contribution in [0.1, 0.15) is 18.4 Å². The number of benzene rings is 1. The number of sulfonamides is 1. The third kappa shape index (κ3) is 3.79. The smallest absolute Gasteiger partial charge is 0.243 e. The quantitative estimate of drug-likeness (QED) is 0.827. The Bertz CT molecular complexity index is 614. The van der Waals surface area contributed by atoms with E-state index in [1.165, 1.54) is 10.4 Å². The van der Waals surface area contributed by atoms with E-state index in [-0.39, 0.29) is 15.8 Å². The van der Waals surface area contributed by atoms with Crippen LogP contribution in [0.2, 0.25) is 0 Å². The van der Waals surface area contributed by atoms with Gasteiger partial charge in [-0.2, -0.15) is 4.31 Å². The van der Waals surface area contributed by atoms with Gasteiger partial charge in [0.05, 0.1) is 11.5 Å². The van der Waals surface area contributed by atoms with Crippen LogP contribution in [-0.2, 0) is 14.8 Å². The van der Waals surface area contributed by atoms with E-state index in [0.717, 1.165) is 12.8 Å². The number of rotatable bonds is 5. The number of piperidine rings is 1. The molecule has 5 nitrogen and oxygen atoms in total. The number of methoxy groups -OCH3 is 1. The number of nitrogens with zero attached hydrogens (tertiary/aromatic N) is 1. The lowest BCUT2D eigenvalue weighted by Crippen LogP contribution is -2.41. The molecular weight excluding hydrogens is 308 g/mol. The first-order chi connectivity index (χ1) is 9.95. The van der Waals surface area contributed by atoms with Gasteiger partial charge in [0.1, 0.15) is 4.99 Å². The van der Waals surface area contributed by atoms with Crippen molar-refractivity contribution in [1.29, 1.82) is 0 Å². The maximum atomic E-state index is 12.7. The average Bonchev–Trinajstić information content (AvgIpc) is 2.48. The Morgan fingerprint density at radius 3 is 2.95 bits per heavy atom. The van der Waals surface area contributed by atoms with Crippen molar-refractivity contribution >= 4 is 27.2 Å². The summed E-state index contributed by atoms with van der Waals surface area (Å²) in [5.74, 6) is 0.247. The number of hydrogen-bond donors (Lipinski definition) is 1. The van der Waals surface area contributed by atoms with E-state index in [2.05, 4.69) is 0 Å². The Hall–Kier alpha value is -1.02. The average molecular weight is 328 g/mol. The second-order valence-corrected chi connectivity index (χ2v) is 7.60. The summed E-state index contributed by atoms with van der Waals surface area (Å²) in [6.45, 7) is 1.62. The Morgan fingerprint density at radius 1 is 1.52 bits per heavy atom. The predicted octanol–water partition coefficient (Wildman–Crippen LogP) is 1.37. The molecule has 1 atom stereocenters. The third-order valence-electron chi connectivity index (χ3n) is 3.64. The molecule has 1 aliphatic rings. The van der Waals surface area contributed by atoms with Crippen molar-refractivity contribution in [2.75, 3.05) is 26.8 Å². The Kier molecular flexibility index (Phi) is 5.32. The molecule has 0 amide bonds. The van der Waals surface area contributed by atoms with Crippen molar-refractivity contribution in [1.82, 2.24) is 4.31 Å². The molecule has 0 spiro atoms. The molecule has 1 aliphatic heterocycles. The highest BCUT2D eigenvalue weighted by Gasteiger charge is 2.30. The molecule has 0 aromatic heterocycles. The van der Waals surface area contributed by atoms with Gasteiger partial charge in [0.2, 0.25) is 10.0 Å². The monoisotopic (exact) mass is 328 g/mol. The van der Waals surface area contributed by atoms with E-state index in [9.17, 15) is 8.42 Å². The molecule has 1 aromatic rings. The first-order valence-corrected chi connectivity index (χ1v) is 8.69. The highest BCUT2D eigenvalue weighted by atomic mass is 32.2. The molecule has 0 saturated carbocycles. The minimum atomic E-state index is -3.51. The van der Waals surface area contributed by atoms with Crippen LogP contribution in [0.3, 0.4) is 0 Å². The Labute approximate surface area is 131 Å². The molecule has 0 radical (unpaired) electrons. The lowest BCUT2D eigenvalue weighted by Gasteiger charge is -2.31. The highest BCUT2D eigenvalue weighted by Crippen LogP contribution is 2.24. The van der Waals surface area contributed by atoms with Gasteiger partial charge in [-0.25, -0.2) is 8.42 Å². The van der Waals surface area contributed by atoms with E-state index in [0.29, 0.717) is 25.3 Å². The van der Waals surface area contributed by atoms with Gasteiger partial charge in [-0.05, 0) is 30.9 Å². The van der Waals surface area contributed by atoms with E-state index >= 15 is 0 Å². The minimum absolute atomic E-state index is 0.197. The van der Waals surface area contributed by atoms with Gasteiger partial charge in [-0.1, -0.05) is 24.4 Å². The van der Waals surface area contributed by atoms with Crippen LogP contribution in [0.25, 0.3) is 0 Å². The predicted molar refractivity (Wildman–Crippen MR) is 85.7 cm³/mol. The molecule has 2 N–H and O–H groups in total. The summed E-state index contributed by atoms with van der Waals surface area (Å²) in [7, 11) is -1.87. The van der Waals surface area contributed by atoms with Crippen LogP contribution in [-0.4, -0.2) is 44.5 Å².